The Morgan fingerprint density at radius 1 is 0.490 bits per heavy atom. The zero-order valence-corrected chi connectivity index (χ0v) is 29.5. The number of rotatable bonds is 3. The van der Waals surface area contributed by atoms with E-state index in [9.17, 15) is 0 Å². The van der Waals surface area contributed by atoms with Crippen LogP contribution in [-0.4, -0.2) is 0 Å². The average molecular weight is 668 g/mol. The number of hydrogen-bond acceptors (Lipinski definition) is 2. The van der Waals surface area contributed by atoms with Gasteiger partial charge in [-0.25, -0.2) is 0 Å². The van der Waals surface area contributed by atoms with Crippen molar-refractivity contribution in [2.75, 3.05) is 4.90 Å². The Labute approximate surface area is 296 Å². The van der Waals surface area contributed by atoms with Gasteiger partial charge in [-0.1, -0.05) is 118 Å². The van der Waals surface area contributed by atoms with Crippen molar-refractivity contribution in [3.8, 4) is 22.3 Å². The van der Waals surface area contributed by atoms with Crippen LogP contribution in [0.5, 0.6) is 0 Å². The van der Waals surface area contributed by atoms with Gasteiger partial charge in [0.1, 0.15) is 0 Å². The molecule has 1 heterocycles. The van der Waals surface area contributed by atoms with Crippen LogP contribution in [0, 0.1) is 0 Å². The van der Waals surface area contributed by atoms with Gasteiger partial charge in [0.15, 0.2) is 0 Å². The summed E-state index contributed by atoms with van der Waals surface area (Å²) in [6, 6.07) is 49.7. The van der Waals surface area contributed by atoms with Crippen molar-refractivity contribution in [2.24, 2.45) is 0 Å². The van der Waals surface area contributed by atoms with Gasteiger partial charge in [-0.2, -0.15) is 0 Å². The number of anilines is 3. The van der Waals surface area contributed by atoms with E-state index in [0.29, 0.717) is 0 Å². The second-order valence-corrected chi connectivity index (χ2v) is 16.2. The predicted molar refractivity (Wildman–Crippen MR) is 212 cm³/mol. The molecule has 0 radical (unpaired) electrons. The third kappa shape index (κ3) is 4.05. The van der Waals surface area contributed by atoms with E-state index in [0.717, 1.165) is 10.7 Å². The quantitative estimate of drug-likeness (QED) is 0.181. The number of thiophene rings is 1. The van der Waals surface area contributed by atoms with Crippen molar-refractivity contribution in [1.29, 1.82) is 0 Å². The molecule has 0 bridgehead atoms. The summed E-state index contributed by atoms with van der Waals surface area (Å²) in [5, 5.41) is 5.88. The van der Waals surface area contributed by atoms with Gasteiger partial charge in [-0.3, -0.25) is 0 Å². The van der Waals surface area contributed by atoms with Gasteiger partial charge >= 0.3 is 0 Å². The maximum absolute atomic E-state index is 6.44. The lowest BCUT2D eigenvalue weighted by molar-refractivity contribution is 0.659. The maximum Gasteiger partial charge on any atom is 0.0508 e. The van der Waals surface area contributed by atoms with Crippen LogP contribution in [0.2, 0.25) is 5.02 Å². The van der Waals surface area contributed by atoms with Gasteiger partial charge in [-0.15, -0.1) is 11.3 Å². The molecule has 1 nitrogen and oxygen atoms in total. The highest BCUT2D eigenvalue weighted by atomic mass is 35.5. The summed E-state index contributed by atoms with van der Waals surface area (Å²) in [5.74, 6) is 0. The number of nitrogens with zero attached hydrogens (tertiary/aromatic N) is 1. The SMILES string of the molecule is CC1(C)c2cc(N(c3ccc4c(c3)sc3cc(Cl)ccc34)c3cccc4c3C(C)(C)c3ccccc3-4)ccc2-c2cc3ccccc3cc21. The molecule has 0 N–H and O–H groups in total. The highest BCUT2D eigenvalue weighted by molar-refractivity contribution is 7.25. The van der Waals surface area contributed by atoms with E-state index in [-0.39, 0.29) is 10.8 Å². The summed E-state index contributed by atoms with van der Waals surface area (Å²) in [6.07, 6.45) is 0. The fourth-order valence-corrected chi connectivity index (χ4v) is 10.3. The topological polar surface area (TPSA) is 3.24 Å². The second-order valence-electron chi connectivity index (χ2n) is 14.7. The van der Waals surface area contributed by atoms with Crippen molar-refractivity contribution in [2.45, 2.75) is 38.5 Å². The van der Waals surface area contributed by atoms with Crippen LogP contribution >= 0.6 is 22.9 Å². The smallest absolute Gasteiger partial charge is 0.0508 e. The molecule has 0 saturated carbocycles. The first kappa shape index (κ1) is 29.1. The number of hydrogen-bond donors (Lipinski definition) is 0. The molecule has 49 heavy (non-hydrogen) atoms. The maximum atomic E-state index is 6.44. The Hall–Kier alpha value is -4.89. The molecular formula is C46H34ClNS. The summed E-state index contributed by atoms with van der Waals surface area (Å²) in [7, 11) is 0. The van der Waals surface area contributed by atoms with Gasteiger partial charge in [0.05, 0.1) is 5.69 Å². The van der Waals surface area contributed by atoms with Crippen molar-refractivity contribution >= 4 is 70.9 Å². The normalized spacial score (nSPS) is 15.0. The number of fused-ring (bicyclic) bond motifs is 10. The number of benzene rings is 7. The molecule has 3 heteroatoms. The first-order valence-corrected chi connectivity index (χ1v) is 18.2. The molecule has 236 valence electrons. The van der Waals surface area contributed by atoms with Crippen LogP contribution < -0.4 is 4.90 Å². The van der Waals surface area contributed by atoms with Crippen LogP contribution in [0.4, 0.5) is 17.1 Å². The second kappa shape index (κ2) is 10.1. The molecule has 8 aromatic rings. The molecule has 0 saturated heterocycles. The summed E-state index contributed by atoms with van der Waals surface area (Å²) in [4.78, 5) is 2.51. The fourth-order valence-electron chi connectivity index (χ4n) is 8.86. The molecule has 0 spiro atoms. The largest absolute Gasteiger partial charge is 0.310 e. The third-order valence-corrected chi connectivity index (χ3v) is 12.6. The molecule has 0 unspecified atom stereocenters. The Morgan fingerprint density at radius 3 is 1.96 bits per heavy atom. The zero-order valence-electron chi connectivity index (χ0n) is 27.9. The monoisotopic (exact) mass is 667 g/mol. The molecule has 0 aliphatic heterocycles. The molecule has 1 aromatic heterocycles. The van der Waals surface area contributed by atoms with Crippen molar-refractivity contribution in [3.05, 3.63) is 161 Å². The van der Waals surface area contributed by atoms with Crippen LogP contribution in [0.15, 0.2) is 133 Å². The van der Waals surface area contributed by atoms with Crippen LogP contribution in [0.25, 0.3) is 53.2 Å². The first-order chi connectivity index (χ1) is 23.7. The van der Waals surface area contributed by atoms with Crippen LogP contribution in [0.3, 0.4) is 0 Å². The Bertz CT molecular complexity index is 2690. The molecule has 0 fully saturated rings. The van der Waals surface area contributed by atoms with Crippen molar-refractivity contribution < 1.29 is 0 Å². The van der Waals surface area contributed by atoms with Crippen LogP contribution in [-0.2, 0) is 10.8 Å². The minimum absolute atomic E-state index is 0.140. The van der Waals surface area contributed by atoms with Gasteiger partial charge in [-0.05, 0) is 110 Å². The fraction of sp³-hybridized carbons (Fsp3) is 0.130. The van der Waals surface area contributed by atoms with E-state index in [1.165, 1.54) is 86.8 Å². The molecule has 2 aliphatic rings. The third-order valence-electron chi connectivity index (χ3n) is 11.3. The first-order valence-electron chi connectivity index (χ1n) is 17.0. The average Bonchev–Trinajstić information content (AvgIpc) is 3.66. The summed E-state index contributed by atoms with van der Waals surface area (Å²) in [6.45, 7) is 9.53. The van der Waals surface area contributed by atoms with E-state index in [1.54, 1.807) is 0 Å². The Balaban J connectivity index is 1.22. The van der Waals surface area contributed by atoms with Crippen molar-refractivity contribution in [1.82, 2.24) is 0 Å². The van der Waals surface area contributed by atoms with Crippen LogP contribution in [0.1, 0.15) is 49.9 Å². The molecule has 0 atom stereocenters. The van der Waals surface area contributed by atoms with E-state index in [4.69, 9.17) is 11.6 Å². The van der Waals surface area contributed by atoms with Gasteiger partial charge in [0.25, 0.3) is 0 Å². The summed E-state index contributed by atoms with van der Waals surface area (Å²) < 4.78 is 2.48. The highest BCUT2D eigenvalue weighted by Gasteiger charge is 2.40. The van der Waals surface area contributed by atoms with E-state index >= 15 is 0 Å². The minimum Gasteiger partial charge on any atom is -0.310 e. The lowest BCUT2D eigenvalue weighted by Gasteiger charge is -2.33. The summed E-state index contributed by atoms with van der Waals surface area (Å²) in [5.41, 5.74) is 14.1. The van der Waals surface area contributed by atoms with E-state index < -0.39 is 0 Å². The van der Waals surface area contributed by atoms with E-state index in [1.807, 2.05) is 17.4 Å². The van der Waals surface area contributed by atoms with Gasteiger partial charge in [0.2, 0.25) is 0 Å². The van der Waals surface area contributed by atoms with Gasteiger partial charge in [0, 0.05) is 47.4 Å². The lowest BCUT2D eigenvalue weighted by Crippen LogP contribution is -2.21. The zero-order chi connectivity index (χ0) is 33.2. The highest BCUT2D eigenvalue weighted by Crippen LogP contribution is 2.56. The van der Waals surface area contributed by atoms with Gasteiger partial charge < -0.3 is 4.90 Å². The molecule has 2 aliphatic carbocycles. The molecule has 0 amide bonds. The minimum atomic E-state index is -0.161. The Morgan fingerprint density at radius 2 is 1.12 bits per heavy atom. The van der Waals surface area contributed by atoms with E-state index in [2.05, 4.69) is 160 Å². The summed E-state index contributed by atoms with van der Waals surface area (Å²) >= 11 is 8.25. The van der Waals surface area contributed by atoms with Crippen molar-refractivity contribution in [3.63, 3.8) is 0 Å². The lowest BCUT2D eigenvalue weighted by atomic mass is 9.80. The molecular weight excluding hydrogens is 634 g/mol. The standard InChI is InChI=1S/C46H34ClNS/c1-45(2)39-23-28-11-6-5-10-27(28)22-37(39)33-20-17-30(25-40(33)45)48(31-18-21-35-34-19-16-29(47)24-42(34)49-43(35)26-31)41-15-9-13-36-32-12-7-8-14-38(32)46(3,4)44(36)41/h5-26H,1-4H3. The number of halogens is 1. The Kier molecular flexibility index (Phi) is 5.98. The molecule has 10 rings (SSSR count). The predicted octanol–water partition coefficient (Wildman–Crippen LogP) is 13.9. The molecule has 7 aromatic carbocycles.